The van der Waals surface area contributed by atoms with E-state index >= 15 is 0 Å². The van der Waals surface area contributed by atoms with E-state index in [0.29, 0.717) is 0 Å². The Kier molecular flexibility index (Phi) is 5.37. The van der Waals surface area contributed by atoms with Crippen LogP contribution in [0.5, 0.6) is 0 Å². The molecule has 1 rings (SSSR count). The van der Waals surface area contributed by atoms with Gasteiger partial charge in [-0.05, 0) is 19.8 Å². The summed E-state index contributed by atoms with van der Waals surface area (Å²) in [5.41, 5.74) is 0. The summed E-state index contributed by atoms with van der Waals surface area (Å²) in [6, 6.07) is 0. The molecule has 1 amide bonds. The average Bonchev–Trinajstić information content (AvgIpc) is 2.13. The molecule has 0 unspecified atom stereocenters. The summed E-state index contributed by atoms with van der Waals surface area (Å²) >= 11 is 0. The number of carbonyl (C=O) groups excluding carboxylic acids is 2. The van der Waals surface area contributed by atoms with Crippen molar-refractivity contribution >= 4 is 11.7 Å². The van der Waals surface area contributed by atoms with Gasteiger partial charge in [-0.1, -0.05) is 32.1 Å². The van der Waals surface area contributed by atoms with Crippen molar-refractivity contribution in [3.05, 3.63) is 0 Å². The Bertz CT molecular complexity index is 218. The Morgan fingerprint density at radius 2 is 1.60 bits per heavy atom. The minimum absolute atomic E-state index is 0.0224. The van der Waals surface area contributed by atoms with Crippen molar-refractivity contribution in [2.45, 2.75) is 51.9 Å². The molecule has 0 heterocycles. The summed E-state index contributed by atoms with van der Waals surface area (Å²) in [5, 5.41) is 2.71. The van der Waals surface area contributed by atoms with Crippen LogP contribution in [0, 0.1) is 5.92 Å². The molecule has 0 aromatic carbocycles. The number of ketones is 1. The van der Waals surface area contributed by atoms with Gasteiger partial charge in [-0.2, -0.15) is 0 Å². The third kappa shape index (κ3) is 4.96. The van der Waals surface area contributed by atoms with Crippen LogP contribution in [0.3, 0.4) is 0 Å². The Morgan fingerprint density at radius 1 is 1.07 bits per heavy atom. The number of hydrogen-bond acceptors (Lipinski definition) is 2. The molecule has 1 fully saturated rings. The van der Waals surface area contributed by atoms with Crippen LogP contribution in [0.15, 0.2) is 0 Å². The fourth-order valence-electron chi connectivity index (χ4n) is 2.07. The molecule has 1 N–H and O–H groups in total. The van der Waals surface area contributed by atoms with Crippen molar-refractivity contribution < 1.29 is 9.59 Å². The minimum atomic E-state index is 0.0224. The third-order valence-electron chi connectivity index (χ3n) is 2.99. The number of nitrogens with one attached hydrogen (secondary N) is 1. The quantitative estimate of drug-likeness (QED) is 0.776. The highest BCUT2D eigenvalue weighted by Crippen LogP contribution is 2.22. The predicted octanol–water partition coefficient (Wildman–Crippen LogP) is 2.05. The Labute approximate surface area is 91.6 Å². The highest BCUT2D eigenvalue weighted by atomic mass is 16.2. The monoisotopic (exact) mass is 211 g/mol. The van der Waals surface area contributed by atoms with Gasteiger partial charge in [0.05, 0.1) is 6.54 Å². The molecule has 3 heteroatoms. The summed E-state index contributed by atoms with van der Waals surface area (Å²) < 4.78 is 0. The number of rotatable bonds is 3. The molecular weight excluding hydrogens is 190 g/mol. The van der Waals surface area contributed by atoms with Gasteiger partial charge >= 0.3 is 0 Å². The number of amides is 1. The van der Waals surface area contributed by atoms with Crippen LogP contribution in [0.2, 0.25) is 0 Å². The molecule has 0 saturated heterocycles. The molecule has 1 aliphatic rings. The van der Waals surface area contributed by atoms with Gasteiger partial charge in [0, 0.05) is 5.92 Å². The highest BCUT2D eigenvalue weighted by molar-refractivity contribution is 5.85. The van der Waals surface area contributed by atoms with Gasteiger partial charge in [0.25, 0.3) is 0 Å². The SMILES string of the molecule is CC(=O)CNC(=O)C1CCCCCCC1. The number of Topliss-reactive ketones (excluding diaryl/α,β-unsaturated/α-hetero) is 1. The van der Waals surface area contributed by atoms with Crippen molar-refractivity contribution in [2.24, 2.45) is 5.92 Å². The highest BCUT2D eigenvalue weighted by Gasteiger charge is 2.18. The van der Waals surface area contributed by atoms with E-state index < -0.39 is 0 Å². The summed E-state index contributed by atoms with van der Waals surface area (Å²) in [4.78, 5) is 22.4. The van der Waals surface area contributed by atoms with Crippen molar-refractivity contribution in [3.8, 4) is 0 Å². The maximum absolute atomic E-state index is 11.7. The second kappa shape index (κ2) is 6.59. The maximum Gasteiger partial charge on any atom is 0.223 e. The van der Waals surface area contributed by atoms with Crippen molar-refractivity contribution in [1.29, 1.82) is 0 Å². The topological polar surface area (TPSA) is 46.2 Å². The van der Waals surface area contributed by atoms with Crippen LogP contribution in [-0.4, -0.2) is 18.2 Å². The Hall–Kier alpha value is -0.860. The molecule has 1 aliphatic carbocycles. The zero-order chi connectivity index (χ0) is 11.1. The maximum atomic E-state index is 11.7. The van der Waals surface area contributed by atoms with Crippen LogP contribution in [-0.2, 0) is 9.59 Å². The molecule has 15 heavy (non-hydrogen) atoms. The molecule has 0 radical (unpaired) electrons. The first kappa shape index (κ1) is 12.2. The van der Waals surface area contributed by atoms with Crippen molar-refractivity contribution in [2.75, 3.05) is 6.54 Å². The van der Waals surface area contributed by atoms with E-state index in [0.717, 1.165) is 25.7 Å². The van der Waals surface area contributed by atoms with E-state index in [4.69, 9.17) is 0 Å². The second-order valence-corrected chi connectivity index (χ2v) is 4.46. The minimum Gasteiger partial charge on any atom is -0.349 e. The molecule has 0 bridgehead atoms. The third-order valence-corrected chi connectivity index (χ3v) is 2.99. The lowest BCUT2D eigenvalue weighted by molar-refractivity contribution is -0.128. The van der Waals surface area contributed by atoms with Gasteiger partial charge in [0.15, 0.2) is 0 Å². The molecule has 86 valence electrons. The van der Waals surface area contributed by atoms with Crippen LogP contribution in [0.4, 0.5) is 0 Å². The van der Waals surface area contributed by atoms with Gasteiger partial charge in [-0.3, -0.25) is 9.59 Å². The first-order valence-corrected chi connectivity index (χ1v) is 5.97. The van der Waals surface area contributed by atoms with Gasteiger partial charge in [0.1, 0.15) is 5.78 Å². The van der Waals surface area contributed by atoms with E-state index in [2.05, 4.69) is 5.32 Å². The Balaban J connectivity index is 2.31. The smallest absolute Gasteiger partial charge is 0.223 e. The van der Waals surface area contributed by atoms with E-state index in [1.54, 1.807) is 0 Å². The van der Waals surface area contributed by atoms with Gasteiger partial charge in [-0.25, -0.2) is 0 Å². The summed E-state index contributed by atoms with van der Waals surface area (Å²) in [5.74, 6) is 0.242. The van der Waals surface area contributed by atoms with E-state index in [-0.39, 0.29) is 24.2 Å². The zero-order valence-electron chi connectivity index (χ0n) is 9.55. The van der Waals surface area contributed by atoms with Crippen molar-refractivity contribution in [1.82, 2.24) is 5.32 Å². The molecule has 0 aromatic heterocycles. The molecule has 3 nitrogen and oxygen atoms in total. The first-order chi connectivity index (χ1) is 7.20. The first-order valence-electron chi connectivity index (χ1n) is 5.97. The van der Waals surface area contributed by atoms with E-state index in [1.165, 1.54) is 26.2 Å². The lowest BCUT2D eigenvalue weighted by Gasteiger charge is -2.18. The normalized spacial score (nSPS) is 19.0. The van der Waals surface area contributed by atoms with E-state index in [9.17, 15) is 9.59 Å². The molecule has 1 saturated carbocycles. The van der Waals surface area contributed by atoms with Gasteiger partial charge in [0.2, 0.25) is 5.91 Å². The molecule has 0 aromatic rings. The average molecular weight is 211 g/mol. The van der Waals surface area contributed by atoms with E-state index in [1.807, 2.05) is 0 Å². The predicted molar refractivity (Wildman–Crippen MR) is 59.5 cm³/mol. The van der Waals surface area contributed by atoms with Crippen molar-refractivity contribution in [3.63, 3.8) is 0 Å². The molecule has 0 atom stereocenters. The van der Waals surface area contributed by atoms with Gasteiger partial charge < -0.3 is 5.32 Å². The number of hydrogen-bond donors (Lipinski definition) is 1. The fourth-order valence-corrected chi connectivity index (χ4v) is 2.07. The lowest BCUT2D eigenvalue weighted by atomic mass is 9.90. The second-order valence-electron chi connectivity index (χ2n) is 4.46. The van der Waals surface area contributed by atoms with Crippen LogP contribution >= 0.6 is 0 Å². The van der Waals surface area contributed by atoms with Crippen LogP contribution in [0.1, 0.15) is 51.9 Å². The Morgan fingerprint density at radius 3 is 2.13 bits per heavy atom. The lowest BCUT2D eigenvalue weighted by Crippen LogP contribution is -2.34. The standard InChI is InChI=1S/C12H21NO2/c1-10(14)9-13-12(15)11-7-5-3-2-4-6-8-11/h11H,2-9H2,1H3,(H,13,15). The molecular formula is C12H21NO2. The fraction of sp³-hybridized carbons (Fsp3) is 0.833. The zero-order valence-corrected chi connectivity index (χ0v) is 9.55. The molecule has 0 aliphatic heterocycles. The van der Waals surface area contributed by atoms with Crippen LogP contribution in [0.25, 0.3) is 0 Å². The summed E-state index contributed by atoms with van der Waals surface area (Å²) in [7, 11) is 0. The molecule has 0 spiro atoms. The van der Waals surface area contributed by atoms with Crippen LogP contribution < -0.4 is 5.32 Å². The summed E-state index contributed by atoms with van der Waals surface area (Å²) in [6.45, 7) is 1.69. The van der Waals surface area contributed by atoms with Gasteiger partial charge in [-0.15, -0.1) is 0 Å². The largest absolute Gasteiger partial charge is 0.349 e. The number of carbonyl (C=O) groups is 2. The summed E-state index contributed by atoms with van der Waals surface area (Å²) in [6.07, 6.45) is 8.08.